The standard InChI is InChI=1S/C20H24N2O3/c1-2-24-16-8-10-17(11-9-16)25-14-20(23)22-12-18(19(21)13-22)15-6-4-3-5-7-15/h3-11,18-19H,2,12-14,21H2,1H3/t18-,19+/m0/s1. The van der Waals surface area contributed by atoms with E-state index >= 15 is 0 Å². The van der Waals surface area contributed by atoms with Gasteiger partial charge in [0.1, 0.15) is 11.5 Å². The lowest BCUT2D eigenvalue weighted by Crippen LogP contribution is -2.35. The van der Waals surface area contributed by atoms with Gasteiger partial charge in [0.25, 0.3) is 5.91 Å². The number of hydrogen-bond donors (Lipinski definition) is 1. The first kappa shape index (κ1) is 17.3. The smallest absolute Gasteiger partial charge is 0.260 e. The van der Waals surface area contributed by atoms with E-state index in [9.17, 15) is 4.79 Å². The molecule has 1 aliphatic heterocycles. The van der Waals surface area contributed by atoms with Gasteiger partial charge in [0.2, 0.25) is 0 Å². The van der Waals surface area contributed by atoms with Gasteiger partial charge in [-0.05, 0) is 36.8 Å². The molecule has 5 nitrogen and oxygen atoms in total. The maximum absolute atomic E-state index is 12.4. The molecule has 25 heavy (non-hydrogen) atoms. The zero-order chi connectivity index (χ0) is 17.6. The molecule has 1 aliphatic rings. The second-order valence-corrected chi connectivity index (χ2v) is 6.17. The van der Waals surface area contributed by atoms with Gasteiger partial charge in [-0.15, -0.1) is 0 Å². The minimum atomic E-state index is -0.0446. The summed E-state index contributed by atoms with van der Waals surface area (Å²) in [5.41, 5.74) is 7.42. The lowest BCUT2D eigenvalue weighted by molar-refractivity contribution is -0.132. The van der Waals surface area contributed by atoms with Crippen LogP contribution in [-0.2, 0) is 4.79 Å². The Morgan fingerprint density at radius 2 is 1.68 bits per heavy atom. The van der Waals surface area contributed by atoms with E-state index in [2.05, 4.69) is 12.1 Å². The highest BCUT2D eigenvalue weighted by Gasteiger charge is 2.33. The van der Waals surface area contributed by atoms with Crippen molar-refractivity contribution < 1.29 is 14.3 Å². The lowest BCUT2D eigenvalue weighted by atomic mass is 9.95. The third-order valence-corrected chi connectivity index (χ3v) is 4.44. The monoisotopic (exact) mass is 340 g/mol. The van der Waals surface area contributed by atoms with E-state index in [1.165, 1.54) is 5.56 Å². The molecule has 1 heterocycles. The minimum absolute atomic E-state index is 0.0161. The Bertz CT molecular complexity index is 688. The Morgan fingerprint density at radius 3 is 2.32 bits per heavy atom. The van der Waals surface area contributed by atoms with Crippen molar-refractivity contribution >= 4 is 5.91 Å². The molecule has 132 valence electrons. The fraction of sp³-hybridized carbons (Fsp3) is 0.350. The van der Waals surface area contributed by atoms with Crippen molar-refractivity contribution in [2.24, 2.45) is 5.73 Å². The van der Waals surface area contributed by atoms with Crippen LogP contribution in [0.15, 0.2) is 54.6 Å². The second kappa shape index (κ2) is 8.03. The topological polar surface area (TPSA) is 64.8 Å². The molecule has 2 atom stereocenters. The van der Waals surface area contributed by atoms with Crippen LogP contribution in [0, 0.1) is 0 Å². The van der Waals surface area contributed by atoms with Crippen molar-refractivity contribution in [3.63, 3.8) is 0 Å². The summed E-state index contributed by atoms with van der Waals surface area (Å²) in [7, 11) is 0. The Balaban J connectivity index is 1.53. The summed E-state index contributed by atoms with van der Waals surface area (Å²) in [4.78, 5) is 14.2. The highest BCUT2D eigenvalue weighted by Crippen LogP contribution is 2.26. The van der Waals surface area contributed by atoms with Gasteiger partial charge >= 0.3 is 0 Å². The fourth-order valence-corrected chi connectivity index (χ4v) is 3.12. The summed E-state index contributed by atoms with van der Waals surface area (Å²) in [6, 6.07) is 17.4. The van der Waals surface area contributed by atoms with Crippen molar-refractivity contribution in [2.75, 3.05) is 26.3 Å². The van der Waals surface area contributed by atoms with Gasteiger partial charge in [-0.25, -0.2) is 0 Å². The summed E-state index contributed by atoms with van der Waals surface area (Å²) in [6.45, 7) is 3.77. The van der Waals surface area contributed by atoms with E-state index in [0.29, 0.717) is 25.4 Å². The maximum Gasteiger partial charge on any atom is 0.260 e. The Kier molecular flexibility index (Phi) is 5.56. The maximum atomic E-state index is 12.4. The number of likely N-dealkylation sites (tertiary alicyclic amines) is 1. The predicted molar refractivity (Wildman–Crippen MR) is 96.8 cm³/mol. The van der Waals surface area contributed by atoms with Gasteiger partial charge in [0.15, 0.2) is 6.61 Å². The molecule has 1 amide bonds. The molecule has 2 N–H and O–H groups in total. The van der Waals surface area contributed by atoms with Crippen molar-refractivity contribution in [3.8, 4) is 11.5 Å². The van der Waals surface area contributed by atoms with Crippen molar-refractivity contribution in [2.45, 2.75) is 18.9 Å². The quantitative estimate of drug-likeness (QED) is 0.877. The number of benzene rings is 2. The van der Waals surface area contributed by atoms with Crippen molar-refractivity contribution in [1.29, 1.82) is 0 Å². The fourth-order valence-electron chi connectivity index (χ4n) is 3.12. The molecule has 1 saturated heterocycles. The third kappa shape index (κ3) is 4.31. The number of amides is 1. The molecule has 0 aromatic heterocycles. The molecular weight excluding hydrogens is 316 g/mol. The molecule has 0 radical (unpaired) electrons. The highest BCUT2D eigenvalue weighted by molar-refractivity contribution is 5.78. The minimum Gasteiger partial charge on any atom is -0.494 e. The van der Waals surface area contributed by atoms with E-state index in [1.807, 2.05) is 37.3 Å². The van der Waals surface area contributed by atoms with Crippen LogP contribution in [0.5, 0.6) is 11.5 Å². The average Bonchev–Trinajstić information content (AvgIpc) is 3.04. The number of ether oxygens (including phenoxy) is 2. The number of carbonyl (C=O) groups is 1. The molecule has 0 unspecified atom stereocenters. The zero-order valence-corrected chi connectivity index (χ0v) is 14.4. The average molecular weight is 340 g/mol. The van der Waals surface area contributed by atoms with Crippen LogP contribution < -0.4 is 15.2 Å². The summed E-state index contributed by atoms with van der Waals surface area (Å²) < 4.78 is 11.0. The first-order chi connectivity index (χ1) is 12.2. The van der Waals surface area contributed by atoms with E-state index < -0.39 is 0 Å². The second-order valence-electron chi connectivity index (χ2n) is 6.17. The molecule has 0 spiro atoms. The Hall–Kier alpha value is -2.53. The zero-order valence-electron chi connectivity index (χ0n) is 14.4. The van der Waals surface area contributed by atoms with E-state index in [-0.39, 0.29) is 24.5 Å². The lowest BCUT2D eigenvalue weighted by Gasteiger charge is -2.17. The number of rotatable bonds is 6. The summed E-state index contributed by atoms with van der Waals surface area (Å²) >= 11 is 0. The van der Waals surface area contributed by atoms with Crippen LogP contribution >= 0.6 is 0 Å². The summed E-state index contributed by atoms with van der Waals surface area (Å²) in [5, 5.41) is 0. The highest BCUT2D eigenvalue weighted by atomic mass is 16.5. The molecular formula is C20H24N2O3. The first-order valence-corrected chi connectivity index (χ1v) is 8.61. The van der Waals surface area contributed by atoms with Crippen LogP contribution in [0.2, 0.25) is 0 Å². The van der Waals surface area contributed by atoms with Crippen LogP contribution in [0.1, 0.15) is 18.4 Å². The van der Waals surface area contributed by atoms with Crippen LogP contribution in [0.25, 0.3) is 0 Å². The number of carbonyl (C=O) groups excluding carboxylic acids is 1. The van der Waals surface area contributed by atoms with Gasteiger partial charge in [-0.2, -0.15) is 0 Å². The molecule has 2 aromatic carbocycles. The van der Waals surface area contributed by atoms with Gasteiger partial charge < -0.3 is 20.1 Å². The van der Waals surface area contributed by atoms with Gasteiger partial charge in [0.05, 0.1) is 6.61 Å². The van der Waals surface area contributed by atoms with Gasteiger partial charge in [0, 0.05) is 25.0 Å². The molecule has 5 heteroatoms. The number of nitrogens with two attached hydrogens (primary N) is 1. The molecule has 0 aliphatic carbocycles. The molecule has 2 aromatic rings. The molecule has 1 fully saturated rings. The normalized spacial score (nSPS) is 19.7. The van der Waals surface area contributed by atoms with Crippen LogP contribution in [-0.4, -0.2) is 43.2 Å². The summed E-state index contributed by atoms with van der Waals surface area (Å²) in [6.07, 6.45) is 0. The molecule has 3 rings (SSSR count). The Morgan fingerprint density at radius 1 is 1.04 bits per heavy atom. The SMILES string of the molecule is CCOc1ccc(OCC(=O)N2C[C@@H](N)[C@H](c3ccccc3)C2)cc1. The van der Waals surface area contributed by atoms with Crippen molar-refractivity contribution in [3.05, 3.63) is 60.2 Å². The number of nitrogens with zero attached hydrogens (tertiary/aromatic N) is 1. The molecule has 0 saturated carbocycles. The summed E-state index contributed by atoms with van der Waals surface area (Å²) in [5.74, 6) is 1.58. The van der Waals surface area contributed by atoms with Crippen LogP contribution in [0.4, 0.5) is 0 Å². The van der Waals surface area contributed by atoms with Crippen LogP contribution in [0.3, 0.4) is 0 Å². The third-order valence-electron chi connectivity index (χ3n) is 4.44. The van der Waals surface area contributed by atoms with Gasteiger partial charge in [-0.1, -0.05) is 30.3 Å². The van der Waals surface area contributed by atoms with E-state index in [4.69, 9.17) is 15.2 Å². The molecule has 0 bridgehead atoms. The Labute approximate surface area is 148 Å². The van der Waals surface area contributed by atoms with E-state index in [0.717, 1.165) is 5.75 Å². The first-order valence-electron chi connectivity index (χ1n) is 8.61. The predicted octanol–water partition coefficient (Wildman–Crippen LogP) is 2.42. The van der Waals surface area contributed by atoms with Crippen molar-refractivity contribution in [1.82, 2.24) is 4.90 Å². The number of hydrogen-bond acceptors (Lipinski definition) is 4. The van der Waals surface area contributed by atoms with Gasteiger partial charge in [-0.3, -0.25) is 4.79 Å². The largest absolute Gasteiger partial charge is 0.494 e. The van der Waals surface area contributed by atoms with E-state index in [1.54, 1.807) is 17.0 Å².